The number of pyridine rings is 1. The Morgan fingerprint density at radius 2 is 1.83 bits per heavy atom. The van der Waals surface area contributed by atoms with Crippen LogP contribution in [0.4, 0.5) is 5.69 Å². The van der Waals surface area contributed by atoms with Crippen LogP contribution in [-0.4, -0.2) is 83.1 Å². The third-order valence-electron chi connectivity index (χ3n) is 13.5. The van der Waals surface area contributed by atoms with Gasteiger partial charge in [0.1, 0.15) is 45.9 Å². The second-order valence-electron chi connectivity index (χ2n) is 19.8. The first-order valence-corrected chi connectivity index (χ1v) is 25.0. The van der Waals surface area contributed by atoms with E-state index in [-0.39, 0.29) is 36.6 Å². The van der Waals surface area contributed by atoms with Crippen molar-refractivity contribution < 1.29 is 32.3 Å². The lowest BCUT2D eigenvalue weighted by Gasteiger charge is -2.30. The number of thiazole rings is 1. The van der Waals surface area contributed by atoms with E-state index in [0.717, 1.165) is 58.6 Å². The number of ether oxygens (including phenoxy) is 2. The summed E-state index contributed by atoms with van der Waals surface area (Å²) in [5, 5.41) is 10.1. The molecule has 8 rings (SSSR count). The molecule has 3 amide bonds. The molecule has 2 aromatic heterocycles. The summed E-state index contributed by atoms with van der Waals surface area (Å²) >= 11 is 1.51. The number of allylic oxidation sites excluding steroid dienone is 1. The van der Waals surface area contributed by atoms with Crippen LogP contribution < -0.4 is 24.8 Å². The molecule has 2 aliphatic carbocycles. The van der Waals surface area contributed by atoms with E-state index in [2.05, 4.69) is 62.1 Å². The van der Waals surface area contributed by atoms with Crippen molar-refractivity contribution in [1.29, 1.82) is 0 Å². The molecule has 342 valence electrons. The van der Waals surface area contributed by atoms with Gasteiger partial charge in [-0.05, 0) is 93.5 Å². The van der Waals surface area contributed by atoms with E-state index in [9.17, 15) is 18.0 Å². The number of hydrogen-bond donors (Lipinski definition) is 3. The number of anilines is 1. The van der Waals surface area contributed by atoms with Gasteiger partial charge in [0.25, 0.3) is 5.91 Å². The molecule has 2 saturated carbocycles. The Kier molecular flexibility index (Phi) is 12.4. The number of carbonyl (C=O) groups excluding carboxylic acids is 3. The molecule has 0 bridgehead atoms. The normalized spacial score (nSPS) is 24.9. The second-order valence-corrected chi connectivity index (χ2v) is 22.8. The number of aryl methyl sites for hydroxylation is 1. The Bertz CT molecular complexity index is 2600. The highest BCUT2D eigenvalue weighted by atomic mass is 32.2. The molecule has 4 aromatic rings. The zero-order chi connectivity index (χ0) is 45.8. The van der Waals surface area contributed by atoms with Crippen LogP contribution in [0.15, 0.2) is 60.0 Å². The van der Waals surface area contributed by atoms with Crippen molar-refractivity contribution in [3.8, 4) is 22.2 Å². The number of sulfonamides is 1. The van der Waals surface area contributed by atoms with Crippen molar-refractivity contribution in [2.45, 2.75) is 146 Å². The quantitative estimate of drug-likeness (QED) is 0.132. The molecule has 0 unspecified atom stereocenters. The Morgan fingerprint density at radius 1 is 1.05 bits per heavy atom. The molecule has 15 heteroatoms. The van der Waals surface area contributed by atoms with Crippen LogP contribution in [0.5, 0.6) is 11.5 Å². The van der Waals surface area contributed by atoms with Crippen LogP contribution in [0, 0.1) is 12.8 Å². The fourth-order valence-electron chi connectivity index (χ4n) is 8.88. The standard InChI is InChI=1S/C49H62N6O7S2/c1-29(2)38-28-63-44(52-38)37-25-41(35-19-20-40(61-8)30(3)42(35)51-37)62-34-24-39-43(56)53-49(46(58)54-64(59,60)48(7)21-22-48)26-32(49)15-12-10-9-11-13-18-36(45(57)55(39)27-34)50-33-17-14-16-31(23-33)47(4,5)6/h12,14-17,19-20,23,25,28-29,32,34,36,39,50H,9-11,13,18,21-22,24,26-27H2,1-8H3,(H,53,56)(H,54,58)/t32-,34-,36+,39+,49-/m1/s1. The number of methoxy groups -OCH3 is 1. The summed E-state index contributed by atoms with van der Waals surface area (Å²) in [6, 6.07) is 12.1. The summed E-state index contributed by atoms with van der Waals surface area (Å²) in [5.41, 5.74) is 3.45. The molecule has 4 aliphatic rings. The molecule has 2 aromatic carbocycles. The Balaban J connectivity index is 1.16. The maximum atomic E-state index is 15.2. The first-order valence-electron chi connectivity index (χ1n) is 22.7. The lowest BCUT2D eigenvalue weighted by Crippen LogP contribution is -2.58. The molecule has 3 fully saturated rings. The van der Waals surface area contributed by atoms with Gasteiger partial charge in [0.05, 0.1) is 29.6 Å². The van der Waals surface area contributed by atoms with Crippen LogP contribution in [-0.2, 0) is 29.8 Å². The van der Waals surface area contributed by atoms with Gasteiger partial charge in [0, 0.05) is 40.4 Å². The largest absolute Gasteiger partial charge is 0.496 e. The van der Waals surface area contributed by atoms with E-state index in [4.69, 9.17) is 19.4 Å². The van der Waals surface area contributed by atoms with Gasteiger partial charge < -0.3 is 25.0 Å². The van der Waals surface area contributed by atoms with Crippen molar-refractivity contribution in [3.05, 3.63) is 76.8 Å². The molecule has 0 radical (unpaired) electrons. The number of benzene rings is 2. The lowest BCUT2D eigenvalue weighted by molar-refractivity contribution is -0.140. The van der Waals surface area contributed by atoms with Crippen LogP contribution >= 0.6 is 11.3 Å². The number of aromatic nitrogens is 2. The molecule has 3 N–H and O–H groups in total. The van der Waals surface area contributed by atoms with Gasteiger partial charge in [-0.2, -0.15) is 0 Å². The highest BCUT2D eigenvalue weighted by Gasteiger charge is 2.63. The van der Waals surface area contributed by atoms with Gasteiger partial charge in [-0.3, -0.25) is 19.1 Å². The molecular formula is C49H62N6O7S2. The van der Waals surface area contributed by atoms with Crippen molar-refractivity contribution in [2.24, 2.45) is 5.92 Å². The topological polar surface area (TPSA) is 169 Å². The molecule has 64 heavy (non-hydrogen) atoms. The maximum absolute atomic E-state index is 15.2. The number of rotatable bonds is 10. The summed E-state index contributed by atoms with van der Waals surface area (Å²) in [7, 11) is -2.36. The first kappa shape index (κ1) is 45.5. The SMILES string of the molecule is COc1ccc2c(O[C@@H]3C[C@H]4C(=O)N[C@]5(C(=O)NS(=O)(=O)C6(C)CC6)C[C@H]5C=CCCCCC[C@H](Nc5cccc(C(C)(C)C)c5)C(=O)N4C3)cc(-c3nc(C(C)C)cs3)nc2c1C. The van der Waals surface area contributed by atoms with E-state index < -0.39 is 56.2 Å². The van der Waals surface area contributed by atoms with E-state index >= 15 is 4.79 Å². The minimum atomic E-state index is -3.99. The monoisotopic (exact) mass is 910 g/mol. The van der Waals surface area contributed by atoms with E-state index in [1.807, 2.05) is 54.8 Å². The van der Waals surface area contributed by atoms with Crippen molar-refractivity contribution >= 4 is 55.7 Å². The Morgan fingerprint density at radius 3 is 2.53 bits per heavy atom. The van der Waals surface area contributed by atoms with Crippen LogP contribution in [0.3, 0.4) is 0 Å². The fourth-order valence-corrected chi connectivity index (χ4v) is 11.1. The maximum Gasteiger partial charge on any atom is 0.259 e. The minimum absolute atomic E-state index is 0.0927. The van der Waals surface area contributed by atoms with Gasteiger partial charge in [-0.15, -0.1) is 11.3 Å². The zero-order valence-corrected chi connectivity index (χ0v) is 39.9. The zero-order valence-electron chi connectivity index (χ0n) is 38.2. The van der Waals surface area contributed by atoms with Gasteiger partial charge in [-0.25, -0.2) is 18.4 Å². The molecule has 13 nitrogen and oxygen atoms in total. The predicted octanol–water partition coefficient (Wildman–Crippen LogP) is 8.32. The van der Waals surface area contributed by atoms with Crippen molar-refractivity contribution in [2.75, 3.05) is 19.0 Å². The van der Waals surface area contributed by atoms with Gasteiger partial charge in [0.15, 0.2) is 0 Å². The molecule has 2 aliphatic heterocycles. The average Bonchev–Trinajstić information content (AvgIpc) is 4.02. The van der Waals surface area contributed by atoms with E-state index in [1.54, 1.807) is 18.9 Å². The highest BCUT2D eigenvalue weighted by molar-refractivity contribution is 7.91. The van der Waals surface area contributed by atoms with Crippen molar-refractivity contribution in [3.63, 3.8) is 0 Å². The van der Waals surface area contributed by atoms with Gasteiger partial charge in [0.2, 0.25) is 21.8 Å². The first-order chi connectivity index (χ1) is 30.3. The average molecular weight is 911 g/mol. The highest BCUT2D eigenvalue weighted by Crippen LogP contribution is 2.48. The van der Waals surface area contributed by atoms with Crippen LogP contribution in [0.25, 0.3) is 21.6 Å². The van der Waals surface area contributed by atoms with Crippen LogP contribution in [0.2, 0.25) is 0 Å². The molecule has 4 heterocycles. The summed E-state index contributed by atoms with van der Waals surface area (Å²) in [6.45, 7) is 14.3. The minimum Gasteiger partial charge on any atom is -0.496 e. The fraction of sp³-hybridized carbons (Fsp3) is 0.531. The molecule has 5 atom stereocenters. The summed E-state index contributed by atoms with van der Waals surface area (Å²) < 4.78 is 40.6. The van der Waals surface area contributed by atoms with Crippen molar-refractivity contribution in [1.82, 2.24) is 24.9 Å². The van der Waals surface area contributed by atoms with E-state index in [1.165, 1.54) is 11.3 Å². The predicted molar refractivity (Wildman–Crippen MR) is 251 cm³/mol. The summed E-state index contributed by atoms with van der Waals surface area (Å²) in [6.07, 6.45) is 8.40. The Hall–Kier alpha value is -5.02. The Labute approximate surface area is 381 Å². The summed E-state index contributed by atoms with van der Waals surface area (Å²) in [5.74, 6) is -0.503. The number of nitrogens with zero attached hydrogens (tertiary/aromatic N) is 3. The number of hydrogen-bond acceptors (Lipinski definition) is 11. The molecular weight excluding hydrogens is 849 g/mol. The molecule has 0 spiro atoms. The number of carbonyl (C=O) groups is 3. The third kappa shape index (κ3) is 9.11. The van der Waals surface area contributed by atoms with Crippen LogP contribution in [0.1, 0.15) is 122 Å². The van der Waals surface area contributed by atoms with Gasteiger partial charge >= 0.3 is 0 Å². The second kappa shape index (κ2) is 17.4. The number of fused-ring (bicyclic) bond motifs is 3. The number of amides is 3. The summed E-state index contributed by atoms with van der Waals surface area (Å²) in [4.78, 5) is 55.7. The third-order valence-corrected chi connectivity index (χ3v) is 16.6. The lowest BCUT2D eigenvalue weighted by atomic mass is 9.87. The molecule has 1 saturated heterocycles. The van der Waals surface area contributed by atoms with Gasteiger partial charge in [-0.1, -0.05) is 71.7 Å². The van der Waals surface area contributed by atoms with E-state index in [0.29, 0.717) is 42.0 Å². The smallest absolute Gasteiger partial charge is 0.259 e. The number of nitrogens with one attached hydrogen (secondary N) is 3.